The maximum absolute atomic E-state index is 12.2. The summed E-state index contributed by atoms with van der Waals surface area (Å²) in [6.45, 7) is 1.84. The number of hydrogen-bond acceptors (Lipinski definition) is 2. The molecule has 102 valence electrons. The molecule has 0 unspecified atom stereocenters. The van der Waals surface area contributed by atoms with Crippen LogP contribution in [0.3, 0.4) is 0 Å². The predicted octanol–water partition coefficient (Wildman–Crippen LogP) is 3.50. The third kappa shape index (κ3) is 2.94. The molecule has 2 aromatic carbocycles. The Labute approximate surface area is 117 Å². The van der Waals surface area contributed by atoms with Gasteiger partial charge >= 0.3 is 5.97 Å². The van der Waals surface area contributed by atoms with E-state index in [-0.39, 0.29) is 5.78 Å². The van der Waals surface area contributed by atoms with Gasteiger partial charge in [-0.05, 0) is 12.0 Å². The Balaban J connectivity index is 2.24. The van der Waals surface area contributed by atoms with Crippen LogP contribution < -0.4 is 0 Å². The molecule has 3 nitrogen and oxygen atoms in total. The Bertz CT molecular complexity index is 600. The van der Waals surface area contributed by atoms with Crippen molar-refractivity contribution in [2.45, 2.75) is 19.3 Å². The van der Waals surface area contributed by atoms with Gasteiger partial charge in [-0.2, -0.15) is 0 Å². The fraction of sp³-hybridized carbons (Fsp3) is 0.176. The Morgan fingerprint density at radius 3 is 2.00 bits per heavy atom. The maximum atomic E-state index is 12.2. The number of ketones is 1. The summed E-state index contributed by atoms with van der Waals surface area (Å²) in [6, 6.07) is 15.9. The van der Waals surface area contributed by atoms with Crippen LogP contribution in [0.2, 0.25) is 0 Å². The molecule has 0 aliphatic heterocycles. The molecule has 0 heterocycles. The highest BCUT2D eigenvalue weighted by Gasteiger charge is 2.18. The molecular weight excluding hydrogens is 252 g/mol. The van der Waals surface area contributed by atoms with Crippen molar-refractivity contribution in [3.05, 3.63) is 71.3 Å². The van der Waals surface area contributed by atoms with Crippen molar-refractivity contribution in [3.8, 4) is 0 Å². The van der Waals surface area contributed by atoms with Gasteiger partial charge in [-0.25, -0.2) is 0 Å². The summed E-state index contributed by atoms with van der Waals surface area (Å²) in [6.07, 6.45) is 0.529. The molecule has 0 bridgehead atoms. The smallest absolute Gasteiger partial charge is 0.310 e. The molecule has 0 spiro atoms. The van der Waals surface area contributed by atoms with Crippen LogP contribution in [0.5, 0.6) is 0 Å². The van der Waals surface area contributed by atoms with Crippen molar-refractivity contribution in [1.82, 2.24) is 0 Å². The second kappa shape index (κ2) is 6.15. The second-order valence-electron chi connectivity index (χ2n) is 4.62. The lowest BCUT2D eigenvalue weighted by Crippen LogP contribution is -2.10. The van der Waals surface area contributed by atoms with Crippen LogP contribution in [0.15, 0.2) is 54.6 Å². The minimum Gasteiger partial charge on any atom is -0.481 e. The van der Waals surface area contributed by atoms with Crippen molar-refractivity contribution in [2.75, 3.05) is 0 Å². The molecule has 0 fully saturated rings. The second-order valence-corrected chi connectivity index (χ2v) is 4.62. The van der Waals surface area contributed by atoms with Gasteiger partial charge in [0, 0.05) is 11.1 Å². The van der Waals surface area contributed by atoms with E-state index in [4.69, 9.17) is 5.11 Å². The minimum absolute atomic E-state index is 0.0551. The quantitative estimate of drug-likeness (QED) is 0.844. The van der Waals surface area contributed by atoms with Crippen LogP contribution in [0, 0.1) is 0 Å². The van der Waals surface area contributed by atoms with Crippen molar-refractivity contribution in [2.24, 2.45) is 0 Å². The molecule has 0 aliphatic rings. The van der Waals surface area contributed by atoms with Gasteiger partial charge in [0.15, 0.2) is 5.78 Å². The van der Waals surface area contributed by atoms with Gasteiger partial charge < -0.3 is 5.11 Å². The molecular formula is C17H16O3. The summed E-state index contributed by atoms with van der Waals surface area (Å²) < 4.78 is 0. The number of benzene rings is 2. The predicted molar refractivity (Wildman–Crippen MR) is 77.0 cm³/mol. The van der Waals surface area contributed by atoms with E-state index in [0.717, 1.165) is 5.56 Å². The highest BCUT2D eigenvalue weighted by atomic mass is 16.4. The van der Waals surface area contributed by atoms with Gasteiger partial charge in [-0.3, -0.25) is 9.59 Å². The molecule has 0 aromatic heterocycles. The molecule has 2 aromatic rings. The van der Waals surface area contributed by atoms with E-state index in [9.17, 15) is 9.59 Å². The Morgan fingerprint density at radius 2 is 1.50 bits per heavy atom. The van der Waals surface area contributed by atoms with Gasteiger partial charge in [0.1, 0.15) is 0 Å². The maximum Gasteiger partial charge on any atom is 0.310 e. The van der Waals surface area contributed by atoms with Crippen molar-refractivity contribution in [1.29, 1.82) is 0 Å². The Morgan fingerprint density at radius 1 is 0.950 bits per heavy atom. The van der Waals surface area contributed by atoms with E-state index in [1.54, 1.807) is 36.4 Å². The molecule has 0 radical (unpaired) electrons. The monoisotopic (exact) mass is 268 g/mol. The van der Waals surface area contributed by atoms with E-state index >= 15 is 0 Å². The van der Waals surface area contributed by atoms with E-state index in [0.29, 0.717) is 17.5 Å². The first kappa shape index (κ1) is 14.0. The lowest BCUT2D eigenvalue weighted by Gasteiger charge is -2.10. The van der Waals surface area contributed by atoms with Gasteiger partial charge in [0.25, 0.3) is 0 Å². The normalized spacial score (nSPS) is 11.8. The Kier molecular flexibility index (Phi) is 4.31. The lowest BCUT2D eigenvalue weighted by atomic mass is 9.94. The molecule has 0 amide bonds. The fourth-order valence-electron chi connectivity index (χ4n) is 2.18. The van der Waals surface area contributed by atoms with Gasteiger partial charge in [0.05, 0.1) is 5.92 Å². The standard InChI is InChI=1S/C17H16O3/c1-2-15(17(19)20)12-8-10-14(11-9-12)16(18)13-6-4-3-5-7-13/h3-11,15H,2H2,1H3,(H,19,20)/t15-/m1/s1. The van der Waals surface area contributed by atoms with Crippen LogP contribution in [0.4, 0.5) is 0 Å². The number of carboxylic acids is 1. The van der Waals surface area contributed by atoms with Crippen LogP contribution in [-0.2, 0) is 4.79 Å². The van der Waals surface area contributed by atoms with E-state index in [1.165, 1.54) is 0 Å². The molecule has 0 saturated heterocycles. The molecule has 1 atom stereocenters. The molecule has 2 rings (SSSR count). The lowest BCUT2D eigenvalue weighted by molar-refractivity contribution is -0.138. The van der Waals surface area contributed by atoms with Gasteiger partial charge in [0.2, 0.25) is 0 Å². The molecule has 1 N–H and O–H groups in total. The SMILES string of the molecule is CC[C@@H](C(=O)O)c1ccc(C(=O)c2ccccc2)cc1. The number of rotatable bonds is 5. The summed E-state index contributed by atoms with van der Waals surface area (Å²) in [7, 11) is 0. The van der Waals surface area contributed by atoms with Crippen molar-refractivity contribution in [3.63, 3.8) is 0 Å². The summed E-state index contributed by atoms with van der Waals surface area (Å²) in [4.78, 5) is 23.3. The first-order valence-electron chi connectivity index (χ1n) is 6.56. The number of carbonyl (C=O) groups excluding carboxylic acids is 1. The molecule has 20 heavy (non-hydrogen) atoms. The number of hydrogen-bond donors (Lipinski definition) is 1. The highest BCUT2D eigenvalue weighted by Crippen LogP contribution is 2.21. The third-order valence-electron chi connectivity index (χ3n) is 3.32. The summed E-state index contributed by atoms with van der Waals surface area (Å²) in [5.41, 5.74) is 1.93. The van der Waals surface area contributed by atoms with Crippen molar-refractivity contribution >= 4 is 11.8 Å². The molecule has 0 saturated carbocycles. The zero-order chi connectivity index (χ0) is 14.5. The first-order chi connectivity index (χ1) is 9.63. The average molecular weight is 268 g/mol. The third-order valence-corrected chi connectivity index (χ3v) is 3.32. The summed E-state index contributed by atoms with van der Waals surface area (Å²) >= 11 is 0. The van der Waals surface area contributed by atoms with Gasteiger partial charge in [-0.1, -0.05) is 61.5 Å². The number of aliphatic carboxylic acids is 1. The average Bonchev–Trinajstić information content (AvgIpc) is 2.48. The summed E-state index contributed by atoms with van der Waals surface area (Å²) in [5, 5.41) is 9.12. The summed E-state index contributed by atoms with van der Waals surface area (Å²) in [5.74, 6) is -1.41. The van der Waals surface area contributed by atoms with Crippen LogP contribution in [0.25, 0.3) is 0 Å². The zero-order valence-corrected chi connectivity index (χ0v) is 11.2. The number of carbonyl (C=O) groups is 2. The molecule has 3 heteroatoms. The van der Waals surface area contributed by atoms with Crippen molar-refractivity contribution < 1.29 is 14.7 Å². The molecule has 0 aliphatic carbocycles. The topological polar surface area (TPSA) is 54.4 Å². The van der Waals surface area contributed by atoms with E-state index < -0.39 is 11.9 Å². The minimum atomic E-state index is -0.838. The first-order valence-corrected chi connectivity index (χ1v) is 6.56. The van der Waals surface area contributed by atoms with Crippen LogP contribution >= 0.6 is 0 Å². The van der Waals surface area contributed by atoms with Crippen LogP contribution in [-0.4, -0.2) is 16.9 Å². The fourth-order valence-corrected chi connectivity index (χ4v) is 2.18. The largest absolute Gasteiger partial charge is 0.481 e. The van der Waals surface area contributed by atoms with E-state index in [1.807, 2.05) is 25.1 Å². The Hall–Kier alpha value is -2.42. The number of carboxylic acid groups (broad SMARTS) is 1. The highest BCUT2D eigenvalue weighted by molar-refractivity contribution is 6.08. The van der Waals surface area contributed by atoms with Gasteiger partial charge in [-0.15, -0.1) is 0 Å². The zero-order valence-electron chi connectivity index (χ0n) is 11.2. The van der Waals surface area contributed by atoms with E-state index in [2.05, 4.69) is 0 Å². The van der Waals surface area contributed by atoms with Crippen LogP contribution in [0.1, 0.15) is 40.7 Å².